The number of benzene rings is 2. The first kappa shape index (κ1) is 20.0. The molecule has 2 aromatic carbocycles. The second-order valence-electron chi connectivity index (χ2n) is 8.10. The highest BCUT2D eigenvalue weighted by molar-refractivity contribution is 7.92. The summed E-state index contributed by atoms with van der Waals surface area (Å²) >= 11 is 0. The molecule has 2 aliphatic rings. The van der Waals surface area contributed by atoms with Gasteiger partial charge in [-0.05, 0) is 87.1 Å². The quantitative estimate of drug-likeness (QED) is 0.739. The zero-order chi connectivity index (χ0) is 20.8. The van der Waals surface area contributed by atoms with E-state index in [1.807, 2.05) is 43.9 Å². The third-order valence-electron chi connectivity index (χ3n) is 6.32. The fourth-order valence-corrected chi connectivity index (χ4v) is 5.66. The first-order valence-corrected chi connectivity index (χ1v) is 11.8. The Morgan fingerprint density at radius 1 is 1.10 bits per heavy atom. The topological polar surface area (TPSA) is 57.7 Å². The van der Waals surface area contributed by atoms with Crippen LogP contribution in [0, 0.1) is 19.8 Å². The molecule has 0 saturated heterocycles. The van der Waals surface area contributed by atoms with Gasteiger partial charge in [0.15, 0.2) is 0 Å². The Morgan fingerprint density at radius 3 is 2.48 bits per heavy atom. The van der Waals surface area contributed by atoms with Gasteiger partial charge >= 0.3 is 0 Å². The number of rotatable bonds is 5. The molecule has 0 atom stereocenters. The summed E-state index contributed by atoms with van der Waals surface area (Å²) in [5.74, 6) is 0.334. The van der Waals surface area contributed by atoms with Gasteiger partial charge in [-0.3, -0.25) is 9.10 Å². The predicted octanol–water partition coefficient (Wildman–Crippen LogP) is 4.21. The minimum absolute atomic E-state index is 0.143. The van der Waals surface area contributed by atoms with Crippen molar-refractivity contribution in [3.8, 4) is 0 Å². The third-order valence-corrected chi connectivity index (χ3v) is 8.22. The average molecular weight is 413 g/mol. The fourth-order valence-electron chi connectivity index (χ4n) is 4.14. The number of sulfonamides is 1. The lowest BCUT2D eigenvalue weighted by molar-refractivity contribution is -0.124. The molecule has 1 aliphatic heterocycles. The van der Waals surface area contributed by atoms with Crippen molar-refractivity contribution in [3.63, 3.8) is 0 Å². The number of carbonyl (C=O) groups is 1. The molecule has 1 amide bonds. The minimum atomic E-state index is -3.67. The molecule has 4 rings (SSSR count). The molecule has 0 radical (unpaired) electrons. The summed E-state index contributed by atoms with van der Waals surface area (Å²) in [6.07, 6.45) is 3.77. The van der Waals surface area contributed by atoms with E-state index in [0.29, 0.717) is 25.2 Å². The van der Waals surface area contributed by atoms with E-state index in [1.165, 1.54) is 4.31 Å². The van der Waals surface area contributed by atoms with Gasteiger partial charge in [-0.25, -0.2) is 8.42 Å². The highest BCUT2D eigenvalue weighted by Gasteiger charge is 2.34. The van der Waals surface area contributed by atoms with Crippen LogP contribution < -0.4 is 9.21 Å². The molecule has 6 heteroatoms. The summed E-state index contributed by atoms with van der Waals surface area (Å²) in [4.78, 5) is 14.8. The number of fused-ring (bicyclic) bond motifs is 1. The largest absolute Gasteiger partial charge is 0.312 e. The Labute approximate surface area is 173 Å². The molecule has 1 fully saturated rings. The molecular formula is C23H28N2O3S. The molecule has 1 aliphatic carbocycles. The van der Waals surface area contributed by atoms with Crippen LogP contribution in [-0.2, 0) is 21.2 Å². The maximum absolute atomic E-state index is 13.4. The summed E-state index contributed by atoms with van der Waals surface area (Å²) in [6, 6.07) is 10.9. The van der Waals surface area contributed by atoms with Crippen LogP contribution in [0.3, 0.4) is 0 Å². The van der Waals surface area contributed by atoms with E-state index in [4.69, 9.17) is 0 Å². The summed E-state index contributed by atoms with van der Waals surface area (Å²) in [7, 11) is -3.67. The highest BCUT2D eigenvalue weighted by atomic mass is 32.2. The van der Waals surface area contributed by atoms with Gasteiger partial charge in [0.2, 0.25) is 5.91 Å². The molecule has 2 aromatic rings. The number of hydrogen-bond acceptors (Lipinski definition) is 3. The van der Waals surface area contributed by atoms with Crippen LogP contribution in [-0.4, -0.2) is 27.4 Å². The Balaban J connectivity index is 1.65. The second-order valence-corrected chi connectivity index (χ2v) is 9.96. The van der Waals surface area contributed by atoms with Gasteiger partial charge in [0, 0.05) is 24.7 Å². The number of amides is 1. The van der Waals surface area contributed by atoms with E-state index < -0.39 is 10.0 Å². The Morgan fingerprint density at radius 2 is 1.86 bits per heavy atom. The molecule has 0 N–H and O–H groups in total. The van der Waals surface area contributed by atoms with E-state index in [-0.39, 0.29) is 16.7 Å². The monoisotopic (exact) mass is 412 g/mol. The first-order chi connectivity index (χ1) is 13.8. The van der Waals surface area contributed by atoms with Gasteiger partial charge in [-0.2, -0.15) is 0 Å². The van der Waals surface area contributed by atoms with Crippen LogP contribution in [0.25, 0.3) is 0 Å². The van der Waals surface area contributed by atoms with Crippen molar-refractivity contribution in [1.82, 2.24) is 0 Å². The van der Waals surface area contributed by atoms with Crippen molar-refractivity contribution in [2.45, 2.75) is 51.3 Å². The summed E-state index contributed by atoms with van der Waals surface area (Å²) in [5.41, 5.74) is 4.69. The molecule has 5 nitrogen and oxygen atoms in total. The Bertz CT molecular complexity index is 1060. The lowest BCUT2D eigenvalue weighted by Gasteiger charge is -2.29. The minimum Gasteiger partial charge on any atom is -0.312 e. The van der Waals surface area contributed by atoms with Gasteiger partial charge in [0.1, 0.15) is 0 Å². The lowest BCUT2D eigenvalue weighted by Crippen LogP contribution is -2.37. The third kappa shape index (κ3) is 3.44. The van der Waals surface area contributed by atoms with Gasteiger partial charge < -0.3 is 4.90 Å². The first-order valence-electron chi connectivity index (χ1n) is 10.4. The van der Waals surface area contributed by atoms with Gasteiger partial charge in [0.25, 0.3) is 10.0 Å². The maximum Gasteiger partial charge on any atom is 0.264 e. The zero-order valence-corrected chi connectivity index (χ0v) is 18.1. The molecule has 29 heavy (non-hydrogen) atoms. The van der Waals surface area contributed by atoms with Crippen LogP contribution in [0.15, 0.2) is 41.3 Å². The van der Waals surface area contributed by atoms with Gasteiger partial charge in [-0.15, -0.1) is 0 Å². The normalized spacial score (nSPS) is 16.4. The lowest BCUT2D eigenvalue weighted by atomic mass is 9.84. The molecule has 0 bridgehead atoms. The van der Waals surface area contributed by atoms with E-state index >= 15 is 0 Å². The number of aryl methyl sites for hydroxylation is 2. The molecule has 0 aromatic heterocycles. The van der Waals surface area contributed by atoms with Gasteiger partial charge in [-0.1, -0.05) is 12.5 Å². The maximum atomic E-state index is 13.4. The van der Waals surface area contributed by atoms with Crippen molar-refractivity contribution in [3.05, 3.63) is 53.1 Å². The van der Waals surface area contributed by atoms with Crippen molar-refractivity contribution >= 4 is 27.3 Å². The number of hydrogen-bond donors (Lipinski definition) is 0. The number of carbonyl (C=O) groups excluding carboxylic acids is 1. The fraction of sp³-hybridized carbons (Fsp3) is 0.435. The molecular weight excluding hydrogens is 384 g/mol. The molecule has 1 heterocycles. The van der Waals surface area contributed by atoms with Crippen molar-refractivity contribution < 1.29 is 13.2 Å². The van der Waals surface area contributed by atoms with Crippen LogP contribution in [0.5, 0.6) is 0 Å². The van der Waals surface area contributed by atoms with Crippen molar-refractivity contribution in [2.24, 2.45) is 5.92 Å². The Hall–Kier alpha value is -2.34. The standard InChI is InChI=1S/C23H28N2O3S/c1-4-25(20-9-8-16(2)17(3)14-20)29(27,28)21-10-11-22-19(15-21)12-13-24(22)23(26)18-6-5-7-18/h8-11,14-15,18H,4-7,12-13H2,1-3H3. The number of nitrogens with zero attached hydrogens (tertiary/aromatic N) is 2. The summed E-state index contributed by atoms with van der Waals surface area (Å²) in [6.45, 7) is 6.85. The number of anilines is 2. The SMILES string of the molecule is CCN(c1ccc(C)c(C)c1)S(=O)(=O)c1ccc2c(c1)CCN2C(=O)C1CCC1. The highest BCUT2D eigenvalue weighted by Crippen LogP contribution is 2.36. The van der Waals surface area contributed by atoms with E-state index in [0.717, 1.165) is 41.6 Å². The Kier molecular flexibility index (Phi) is 5.15. The van der Waals surface area contributed by atoms with E-state index in [9.17, 15) is 13.2 Å². The zero-order valence-electron chi connectivity index (χ0n) is 17.3. The van der Waals surface area contributed by atoms with Crippen LogP contribution >= 0.6 is 0 Å². The second kappa shape index (κ2) is 7.48. The van der Waals surface area contributed by atoms with E-state index in [2.05, 4.69) is 0 Å². The van der Waals surface area contributed by atoms with Gasteiger partial charge in [0.05, 0.1) is 10.6 Å². The molecule has 1 saturated carbocycles. The van der Waals surface area contributed by atoms with Crippen molar-refractivity contribution in [2.75, 3.05) is 22.3 Å². The van der Waals surface area contributed by atoms with Crippen LogP contribution in [0.2, 0.25) is 0 Å². The molecule has 154 valence electrons. The van der Waals surface area contributed by atoms with Crippen LogP contribution in [0.4, 0.5) is 11.4 Å². The summed E-state index contributed by atoms with van der Waals surface area (Å²) in [5, 5.41) is 0. The molecule has 0 spiro atoms. The van der Waals surface area contributed by atoms with Crippen LogP contribution in [0.1, 0.15) is 42.9 Å². The molecule has 0 unspecified atom stereocenters. The predicted molar refractivity (Wildman–Crippen MR) is 116 cm³/mol. The summed E-state index contributed by atoms with van der Waals surface area (Å²) < 4.78 is 28.2. The van der Waals surface area contributed by atoms with Crippen molar-refractivity contribution in [1.29, 1.82) is 0 Å². The average Bonchev–Trinajstić information content (AvgIpc) is 3.07. The van der Waals surface area contributed by atoms with E-state index in [1.54, 1.807) is 18.2 Å². The smallest absolute Gasteiger partial charge is 0.264 e.